The smallest absolute Gasteiger partial charge is 0.222 e. The molecule has 7 heteroatoms. The molecule has 0 bridgehead atoms. The first-order valence-corrected chi connectivity index (χ1v) is 20.3. The lowest BCUT2D eigenvalue weighted by molar-refractivity contribution is -0.135. The molecule has 0 aromatic carbocycles. The van der Waals surface area contributed by atoms with Gasteiger partial charge in [0.1, 0.15) is 6.10 Å². The predicted octanol–water partition coefficient (Wildman–Crippen LogP) is 9.79. The monoisotopic (exact) mass is 672 g/mol. The van der Waals surface area contributed by atoms with Gasteiger partial charge in [-0.25, -0.2) is 0 Å². The van der Waals surface area contributed by atoms with Crippen LogP contribution in [0, 0.1) is 0 Å². The van der Waals surface area contributed by atoms with E-state index in [-0.39, 0.29) is 25.2 Å². The molecule has 282 valence electrons. The molecule has 7 nitrogen and oxygen atoms in total. The Hall–Kier alpha value is -0.730. The summed E-state index contributed by atoms with van der Waals surface area (Å²) in [4.78, 5) is 15.1. The van der Waals surface area contributed by atoms with Crippen LogP contribution in [0.1, 0.15) is 187 Å². The quantitative estimate of drug-likeness (QED) is 0.0633. The maximum absolute atomic E-state index is 13.3. The molecule has 0 rings (SSSR count). The molecule has 0 aliphatic heterocycles. The van der Waals surface area contributed by atoms with Crippen LogP contribution in [-0.4, -0.2) is 86.5 Å². The minimum atomic E-state index is -0.933. The second-order valence-electron chi connectivity index (χ2n) is 13.9. The highest BCUT2D eigenvalue weighted by atomic mass is 16.5. The number of methoxy groups -OCH3 is 1. The number of aliphatic hydroxyl groups is 2. The van der Waals surface area contributed by atoms with Crippen molar-refractivity contribution >= 4 is 5.91 Å². The Morgan fingerprint density at radius 3 is 1.49 bits per heavy atom. The molecule has 47 heavy (non-hydrogen) atoms. The predicted molar refractivity (Wildman–Crippen MR) is 198 cm³/mol. The molecule has 0 spiro atoms. The van der Waals surface area contributed by atoms with E-state index in [0.29, 0.717) is 39.3 Å². The average molecular weight is 672 g/mol. The Balaban J connectivity index is 4.34. The lowest BCUT2D eigenvalue weighted by atomic mass is 10.0. The highest BCUT2D eigenvalue weighted by Gasteiger charge is 2.21. The number of carbonyl (C=O) groups is 1. The van der Waals surface area contributed by atoms with Crippen LogP contribution in [0.15, 0.2) is 0 Å². The third kappa shape index (κ3) is 33.5. The Bertz CT molecular complexity index is 622. The number of nitrogens with zero attached hydrogens (tertiary/aromatic N) is 1. The fourth-order valence-electron chi connectivity index (χ4n) is 6.13. The average Bonchev–Trinajstić information content (AvgIpc) is 3.08. The topological polar surface area (TPSA) is 88.5 Å². The molecule has 0 heterocycles. The van der Waals surface area contributed by atoms with Gasteiger partial charge in [-0.15, -0.1) is 0 Å². The highest BCUT2D eigenvalue weighted by molar-refractivity contribution is 5.76. The van der Waals surface area contributed by atoms with Crippen molar-refractivity contribution in [1.29, 1.82) is 0 Å². The van der Waals surface area contributed by atoms with Crippen LogP contribution in [0.5, 0.6) is 0 Å². The van der Waals surface area contributed by atoms with Gasteiger partial charge in [0.2, 0.25) is 5.91 Å². The molecule has 0 aromatic rings. The van der Waals surface area contributed by atoms with Crippen LogP contribution in [0.3, 0.4) is 0 Å². The molecule has 0 radical (unpaired) electrons. The van der Waals surface area contributed by atoms with Crippen molar-refractivity contribution < 1.29 is 29.2 Å². The number of carbonyl (C=O) groups excluding carboxylic acids is 1. The van der Waals surface area contributed by atoms with E-state index in [1.165, 1.54) is 141 Å². The molecule has 0 aliphatic rings. The summed E-state index contributed by atoms with van der Waals surface area (Å²) in [6, 6.07) is 0. The van der Waals surface area contributed by atoms with Crippen molar-refractivity contribution in [1.82, 2.24) is 4.90 Å². The van der Waals surface area contributed by atoms with E-state index in [9.17, 15) is 15.0 Å². The van der Waals surface area contributed by atoms with Crippen molar-refractivity contribution in [2.24, 2.45) is 0 Å². The van der Waals surface area contributed by atoms with Crippen LogP contribution >= 0.6 is 0 Å². The number of unbranched alkanes of at least 4 members (excludes halogenated alkanes) is 23. The van der Waals surface area contributed by atoms with E-state index in [1.807, 2.05) is 4.90 Å². The second kappa shape index (κ2) is 38.1. The van der Waals surface area contributed by atoms with Gasteiger partial charge in [0, 0.05) is 39.8 Å². The third-order valence-electron chi connectivity index (χ3n) is 9.23. The van der Waals surface area contributed by atoms with Gasteiger partial charge < -0.3 is 29.3 Å². The molecule has 2 unspecified atom stereocenters. The SMILES string of the molecule is CCCCCCCCCCCCCCCCOCC(CN(CCCOC)C(=O)CCCCCCCCCCCCC)OCC(O)CO. The lowest BCUT2D eigenvalue weighted by Gasteiger charge is -2.28. The van der Waals surface area contributed by atoms with Crippen LogP contribution in [-0.2, 0) is 19.0 Å². The zero-order chi connectivity index (χ0) is 34.5. The zero-order valence-electron chi connectivity index (χ0n) is 31.7. The lowest BCUT2D eigenvalue weighted by Crippen LogP contribution is -2.42. The first kappa shape index (κ1) is 46.3. The van der Waals surface area contributed by atoms with E-state index < -0.39 is 6.10 Å². The van der Waals surface area contributed by atoms with Gasteiger partial charge in [0.15, 0.2) is 0 Å². The van der Waals surface area contributed by atoms with Crippen molar-refractivity contribution in [3.63, 3.8) is 0 Å². The maximum atomic E-state index is 13.3. The van der Waals surface area contributed by atoms with Crippen LogP contribution in [0.25, 0.3) is 0 Å². The largest absolute Gasteiger partial charge is 0.394 e. The van der Waals surface area contributed by atoms with E-state index in [0.717, 1.165) is 25.7 Å². The summed E-state index contributed by atoms with van der Waals surface area (Å²) in [5.74, 6) is 0.153. The summed E-state index contributed by atoms with van der Waals surface area (Å²) in [5, 5.41) is 19.2. The van der Waals surface area contributed by atoms with Crippen LogP contribution in [0.2, 0.25) is 0 Å². The molecule has 2 atom stereocenters. The number of ether oxygens (including phenoxy) is 3. The first-order valence-electron chi connectivity index (χ1n) is 20.3. The van der Waals surface area contributed by atoms with Gasteiger partial charge in [0.05, 0.1) is 25.9 Å². The maximum Gasteiger partial charge on any atom is 0.222 e. The molecular weight excluding hydrogens is 590 g/mol. The van der Waals surface area contributed by atoms with Gasteiger partial charge in [-0.3, -0.25) is 4.79 Å². The van der Waals surface area contributed by atoms with Crippen molar-refractivity contribution in [2.75, 3.05) is 53.2 Å². The Labute approximate surface area is 292 Å². The molecule has 0 aliphatic carbocycles. The number of amides is 1. The van der Waals surface area contributed by atoms with Gasteiger partial charge >= 0.3 is 0 Å². The molecule has 0 aromatic heterocycles. The van der Waals surface area contributed by atoms with Crippen LogP contribution < -0.4 is 0 Å². The van der Waals surface area contributed by atoms with E-state index in [4.69, 9.17) is 14.2 Å². The summed E-state index contributed by atoms with van der Waals surface area (Å²) in [5.41, 5.74) is 0. The Kier molecular flexibility index (Phi) is 37.5. The fourth-order valence-corrected chi connectivity index (χ4v) is 6.13. The number of hydrogen-bond donors (Lipinski definition) is 2. The van der Waals surface area contributed by atoms with Gasteiger partial charge in [0.25, 0.3) is 0 Å². The van der Waals surface area contributed by atoms with E-state index >= 15 is 0 Å². The minimum Gasteiger partial charge on any atom is -0.394 e. The number of aliphatic hydroxyl groups excluding tert-OH is 2. The summed E-state index contributed by atoms with van der Waals surface area (Å²) >= 11 is 0. The standard InChI is InChI=1S/C40H81NO6/c1-4-6-8-10-12-14-16-17-18-20-22-24-26-28-33-46-37-39(47-36-38(43)35-42)34-41(31-29-32-45-3)40(44)30-27-25-23-21-19-15-13-11-9-7-5-2/h38-39,42-43H,4-37H2,1-3H3. The second-order valence-corrected chi connectivity index (χ2v) is 13.9. The van der Waals surface area contributed by atoms with Gasteiger partial charge in [-0.2, -0.15) is 0 Å². The van der Waals surface area contributed by atoms with Crippen molar-refractivity contribution in [3.05, 3.63) is 0 Å². The molecular formula is C40H81NO6. The van der Waals surface area contributed by atoms with Gasteiger partial charge in [-0.1, -0.05) is 162 Å². The third-order valence-corrected chi connectivity index (χ3v) is 9.23. The minimum absolute atomic E-state index is 0.0299. The van der Waals surface area contributed by atoms with Gasteiger partial charge in [-0.05, 0) is 19.3 Å². The normalized spacial score (nSPS) is 12.9. The van der Waals surface area contributed by atoms with Crippen molar-refractivity contribution in [2.45, 2.75) is 199 Å². The Morgan fingerprint density at radius 2 is 1.04 bits per heavy atom. The molecule has 2 N–H and O–H groups in total. The highest BCUT2D eigenvalue weighted by Crippen LogP contribution is 2.15. The Morgan fingerprint density at radius 1 is 0.596 bits per heavy atom. The van der Waals surface area contributed by atoms with E-state index in [1.54, 1.807) is 7.11 Å². The van der Waals surface area contributed by atoms with E-state index in [2.05, 4.69) is 13.8 Å². The number of hydrogen-bond acceptors (Lipinski definition) is 6. The molecule has 0 saturated heterocycles. The number of rotatable bonds is 39. The molecule has 1 amide bonds. The zero-order valence-corrected chi connectivity index (χ0v) is 31.7. The molecule has 0 fully saturated rings. The van der Waals surface area contributed by atoms with Crippen LogP contribution in [0.4, 0.5) is 0 Å². The van der Waals surface area contributed by atoms with Crippen molar-refractivity contribution in [3.8, 4) is 0 Å². The summed E-state index contributed by atoms with van der Waals surface area (Å²) < 4.78 is 17.2. The fraction of sp³-hybridized carbons (Fsp3) is 0.975. The first-order chi connectivity index (χ1) is 23.1. The summed E-state index contributed by atoms with van der Waals surface area (Å²) in [6.07, 6.45) is 32.5. The summed E-state index contributed by atoms with van der Waals surface area (Å²) in [6.45, 7) is 6.93. The summed E-state index contributed by atoms with van der Waals surface area (Å²) in [7, 11) is 1.69. The molecule has 0 saturated carbocycles.